The van der Waals surface area contributed by atoms with Gasteiger partial charge in [0.2, 0.25) is 5.91 Å². The number of aromatic nitrogens is 1. The van der Waals surface area contributed by atoms with Crippen molar-refractivity contribution in [2.45, 2.75) is 33.1 Å². The van der Waals surface area contributed by atoms with Gasteiger partial charge in [0, 0.05) is 36.7 Å². The molecule has 0 saturated heterocycles. The molecular formula is C23H26N2O. The predicted octanol–water partition coefficient (Wildman–Crippen LogP) is 5.33. The normalized spacial score (nSPS) is 12.0. The van der Waals surface area contributed by atoms with Crippen LogP contribution in [-0.4, -0.2) is 17.0 Å². The summed E-state index contributed by atoms with van der Waals surface area (Å²) in [5.41, 5.74) is 4.46. The van der Waals surface area contributed by atoms with Gasteiger partial charge in [0.1, 0.15) is 0 Å². The van der Waals surface area contributed by atoms with Crippen molar-refractivity contribution in [2.75, 3.05) is 11.4 Å². The molecule has 1 atom stereocenters. The van der Waals surface area contributed by atoms with Crippen LogP contribution in [-0.2, 0) is 4.79 Å². The Labute approximate surface area is 155 Å². The molecular weight excluding hydrogens is 320 g/mol. The molecule has 0 aliphatic heterocycles. The maximum absolute atomic E-state index is 12.9. The standard InChI is InChI=1S/C23H26N2O/c1-4-25(22-10-6-5-9-18(22)2)23(26)17-19(3)20-11-13-21(14-12-20)24-15-7-8-16-24/h5-16,19H,4,17H2,1-3H3. The van der Waals surface area contributed by atoms with E-state index >= 15 is 0 Å². The van der Waals surface area contributed by atoms with Crippen molar-refractivity contribution in [3.63, 3.8) is 0 Å². The molecule has 0 saturated carbocycles. The highest BCUT2D eigenvalue weighted by molar-refractivity contribution is 5.94. The van der Waals surface area contributed by atoms with Gasteiger partial charge in [0.15, 0.2) is 0 Å². The first-order valence-electron chi connectivity index (χ1n) is 9.19. The average molecular weight is 346 g/mol. The first-order valence-corrected chi connectivity index (χ1v) is 9.19. The van der Waals surface area contributed by atoms with Crippen molar-refractivity contribution in [1.82, 2.24) is 4.57 Å². The summed E-state index contributed by atoms with van der Waals surface area (Å²) in [6.45, 7) is 6.88. The van der Waals surface area contributed by atoms with Crippen molar-refractivity contribution in [2.24, 2.45) is 0 Å². The first kappa shape index (κ1) is 18.0. The smallest absolute Gasteiger partial charge is 0.227 e. The average Bonchev–Trinajstić information content (AvgIpc) is 3.19. The van der Waals surface area contributed by atoms with Gasteiger partial charge in [0.05, 0.1) is 0 Å². The molecule has 3 rings (SSSR count). The van der Waals surface area contributed by atoms with Crippen molar-refractivity contribution in [1.29, 1.82) is 0 Å². The van der Waals surface area contributed by atoms with E-state index in [-0.39, 0.29) is 11.8 Å². The molecule has 0 spiro atoms. The third-order valence-corrected chi connectivity index (χ3v) is 4.87. The van der Waals surface area contributed by atoms with Gasteiger partial charge in [0.25, 0.3) is 0 Å². The van der Waals surface area contributed by atoms with Crippen molar-refractivity contribution < 1.29 is 4.79 Å². The Balaban J connectivity index is 1.71. The second kappa shape index (κ2) is 8.05. The topological polar surface area (TPSA) is 25.2 Å². The van der Waals surface area contributed by atoms with Gasteiger partial charge in [-0.25, -0.2) is 0 Å². The summed E-state index contributed by atoms with van der Waals surface area (Å²) in [6, 6.07) is 20.6. The van der Waals surface area contributed by atoms with Gasteiger partial charge in [-0.3, -0.25) is 4.79 Å². The molecule has 1 unspecified atom stereocenters. The molecule has 0 fully saturated rings. The third kappa shape index (κ3) is 3.88. The van der Waals surface area contributed by atoms with E-state index in [2.05, 4.69) is 48.7 Å². The van der Waals surface area contributed by atoms with E-state index in [1.807, 2.05) is 54.5 Å². The Morgan fingerprint density at radius 3 is 2.27 bits per heavy atom. The van der Waals surface area contributed by atoms with Crippen LogP contribution < -0.4 is 4.90 Å². The van der Waals surface area contributed by atoms with Crippen LogP contribution >= 0.6 is 0 Å². The fourth-order valence-corrected chi connectivity index (χ4v) is 3.32. The SMILES string of the molecule is CCN(C(=O)CC(C)c1ccc(-n2cccc2)cc1)c1ccccc1C. The summed E-state index contributed by atoms with van der Waals surface area (Å²) >= 11 is 0. The predicted molar refractivity (Wildman–Crippen MR) is 108 cm³/mol. The number of amides is 1. The fraction of sp³-hybridized carbons (Fsp3) is 0.261. The van der Waals surface area contributed by atoms with Crippen LogP contribution in [0.2, 0.25) is 0 Å². The second-order valence-corrected chi connectivity index (χ2v) is 6.71. The molecule has 3 nitrogen and oxygen atoms in total. The lowest BCUT2D eigenvalue weighted by atomic mass is 9.96. The summed E-state index contributed by atoms with van der Waals surface area (Å²) in [7, 11) is 0. The van der Waals surface area contributed by atoms with Gasteiger partial charge in [-0.05, 0) is 61.2 Å². The molecule has 3 aromatic rings. The number of rotatable bonds is 6. The lowest BCUT2D eigenvalue weighted by Gasteiger charge is -2.24. The number of hydrogen-bond acceptors (Lipinski definition) is 1. The molecule has 1 aromatic heterocycles. The quantitative estimate of drug-likeness (QED) is 0.592. The lowest BCUT2D eigenvalue weighted by Crippen LogP contribution is -2.32. The molecule has 3 heteroatoms. The molecule has 26 heavy (non-hydrogen) atoms. The minimum Gasteiger partial charge on any atom is -0.324 e. The highest BCUT2D eigenvalue weighted by Gasteiger charge is 2.19. The van der Waals surface area contributed by atoms with Crippen molar-refractivity contribution >= 4 is 11.6 Å². The van der Waals surface area contributed by atoms with Gasteiger partial charge >= 0.3 is 0 Å². The lowest BCUT2D eigenvalue weighted by molar-refractivity contribution is -0.118. The van der Waals surface area contributed by atoms with Crippen molar-refractivity contribution in [3.05, 3.63) is 84.2 Å². The number of nitrogens with zero attached hydrogens (tertiary/aromatic N) is 2. The summed E-state index contributed by atoms with van der Waals surface area (Å²) in [5, 5.41) is 0. The van der Waals surface area contributed by atoms with E-state index in [1.165, 1.54) is 5.56 Å². The number of para-hydroxylation sites is 1. The maximum atomic E-state index is 12.9. The molecule has 1 amide bonds. The van der Waals surface area contributed by atoms with Crippen LogP contribution in [0.4, 0.5) is 5.69 Å². The molecule has 0 N–H and O–H groups in total. The van der Waals surface area contributed by atoms with Gasteiger partial charge in [-0.2, -0.15) is 0 Å². The molecule has 0 bridgehead atoms. The van der Waals surface area contributed by atoms with E-state index in [0.29, 0.717) is 13.0 Å². The Morgan fingerprint density at radius 2 is 1.65 bits per heavy atom. The van der Waals surface area contributed by atoms with E-state index in [4.69, 9.17) is 0 Å². The van der Waals surface area contributed by atoms with Crippen molar-refractivity contribution in [3.8, 4) is 5.69 Å². The number of aryl methyl sites for hydroxylation is 1. The zero-order valence-electron chi connectivity index (χ0n) is 15.7. The third-order valence-electron chi connectivity index (χ3n) is 4.87. The molecule has 1 heterocycles. The number of anilines is 1. The first-order chi connectivity index (χ1) is 12.6. The van der Waals surface area contributed by atoms with E-state index in [1.54, 1.807) is 0 Å². The monoisotopic (exact) mass is 346 g/mol. The van der Waals surface area contributed by atoms with Crippen LogP contribution in [0, 0.1) is 6.92 Å². The van der Waals surface area contributed by atoms with Crippen LogP contribution in [0.25, 0.3) is 5.69 Å². The molecule has 2 aromatic carbocycles. The second-order valence-electron chi connectivity index (χ2n) is 6.71. The summed E-state index contributed by atoms with van der Waals surface area (Å²) < 4.78 is 2.08. The summed E-state index contributed by atoms with van der Waals surface area (Å²) in [5.74, 6) is 0.350. The summed E-state index contributed by atoms with van der Waals surface area (Å²) in [4.78, 5) is 14.8. The maximum Gasteiger partial charge on any atom is 0.227 e. The van der Waals surface area contributed by atoms with Gasteiger partial charge in [-0.1, -0.05) is 37.3 Å². The van der Waals surface area contributed by atoms with E-state index in [9.17, 15) is 4.79 Å². The fourth-order valence-electron chi connectivity index (χ4n) is 3.32. The molecule has 0 aliphatic rings. The Morgan fingerprint density at radius 1 is 1.00 bits per heavy atom. The number of hydrogen-bond donors (Lipinski definition) is 0. The van der Waals surface area contributed by atoms with E-state index in [0.717, 1.165) is 16.9 Å². The Kier molecular flexibility index (Phi) is 5.57. The highest BCUT2D eigenvalue weighted by Crippen LogP contribution is 2.25. The molecule has 0 radical (unpaired) electrons. The number of carbonyl (C=O) groups is 1. The zero-order chi connectivity index (χ0) is 18.5. The van der Waals surface area contributed by atoms with Crippen LogP contribution in [0.3, 0.4) is 0 Å². The largest absolute Gasteiger partial charge is 0.324 e. The van der Waals surface area contributed by atoms with Crippen LogP contribution in [0.1, 0.15) is 37.3 Å². The van der Waals surface area contributed by atoms with Gasteiger partial charge in [-0.15, -0.1) is 0 Å². The van der Waals surface area contributed by atoms with Gasteiger partial charge < -0.3 is 9.47 Å². The van der Waals surface area contributed by atoms with Crippen LogP contribution in [0.5, 0.6) is 0 Å². The molecule has 134 valence electrons. The minimum absolute atomic E-state index is 0.170. The number of benzene rings is 2. The molecule has 0 aliphatic carbocycles. The Hall–Kier alpha value is -2.81. The number of carbonyl (C=O) groups excluding carboxylic acids is 1. The summed E-state index contributed by atoms with van der Waals surface area (Å²) in [6.07, 6.45) is 4.57. The Bertz CT molecular complexity index is 850. The zero-order valence-corrected chi connectivity index (χ0v) is 15.7. The highest BCUT2D eigenvalue weighted by atomic mass is 16.2. The van der Waals surface area contributed by atoms with Crippen LogP contribution in [0.15, 0.2) is 73.1 Å². The van der Waals surface area contributed by atoms with E-state index < -0.39 is 0 Å². The minimum atomic E-state index is 0.170.